The molecule has 1 rings (SSSR count). The quantitative estimate of drug-likeness (QED) is 0.783. The molecule has 0 aliphatic heterocycles. The zero-order chi connectivity index (χ0) is 9.52. The van der Waals surface area contributed by atoms with Gasteiger partial charge in [-0.2, -0.15) is 23.1 Å². The van der Waals surface area contributed by atoms with Crippen LogP contribution in [0.3, 0.4) is 0 Å². The number of likely N-dealkylation sites (N-methyl/N-ethyl adjacent to an activating group) is 1. The molecule has 0 fully saturated rings. The van der Waals surface area contributed by atoms with Crippen molar-refractivity contribution in [2.75, 3.05) is 18.6 Å². The summed E-state index contributed by atoms with van der Waals surface area (Å²) < 4.78 is 0. The van der Waals surface area contributed by atoms with Gasteiger partial charge < -0.3 is 5.32 Å². The number of hydrogen-bond acceptors (Lipinski definition) is 3. The SMILES string of the molecule is CCNC(CSC)Cc1ccsc1. The Balaban J connectivity index is 2.37. The van der Waals surface area contributed by atoms with E-state index in [9.17, 15) is 0 Å². The Kier molecular flexibility index (Phi) is 5.51. The first kappa shape index (κ1) is 11.1. The average molecular weight is 215 g/mol. The van der Waals surface area contributed by atoms with Crippen LogP contribution in [0, 0.1) is 0 Å². The highest BCUT2D eigenvalue weighted by molar-refractivity contribution is 7.98. The maximum atomic E-state index is 3.51. The lowest BCUT2D eigenvalue weighted by Gasteiger charge is -2.15. The first-order valence-corrected chi connectivity index (χ1v) is 6.94. The Labute approximate surface area is 88.9 Å². The summed E-state index contributed by atoms with van der Waals surface area (Å²) in [7, 11) is 0. The summed E-state index contributed by atoms with van der Waals surface area (Å²) in [5.74, 6) is 1.20. The van der Waals surface area contributed by atoms with Crippen LogP contribution in [0.5, 0.6) is 0 Å². The van der Waals surface area contributed by atoms with E-state index >= 15 is 0 Å². The van der Waals surface area contributed by atoms with Gasteiger partial charge in [0, 0.05) is 11.8 Å². The monoisotopic (exact) mass is 215 g/mol. The van der Waals surface area contributed by atoms with E-state index in [4.69, 9.17) is 0 Å². The van der Waals surface area contributed by atoms with Crippen molar-refractivity contribution in [2.45, 2.75) is 19.4 Å². The molecule has 0 aliphatic rings. The van der Waals surface area contributed by atoms with Gasteiger partial charge >= 0.3 is 0 Å². The van der Waals surface area contributed by atoms with Crippen LogP contribution in [-0.2, 0) is 6.42 Å². The maximum absolute atomic E-state index is 3.51. The summed E-state index contributed by atoms with van der Waals surface area (Å²) in [5, 5.41) is 7.90. The van der Waals surface area contributed by atoms with E-state index in [2.05, 4.69) is 35.3 Å². The fourth-order valence-corrected chi connectivity index (χ4v) is 2.69. The van der Waals surface area contributed by atoms with Gasteiger partial charge in [0.05, 0.1) is 0 Å². The molecule has 1 N–H and O–H groups in total. The van der Waals surface area contributed by atoms with Gasteiger partial charge in [-0.3, -0.25) is 0 Å². The van der Waals surface area contributed by atoms with Gasteiger partial charge in [-0.1, -0.05) is 6.92 Å². The molecule has 1 aromatic heterocycles. The van der Waals surface area contributed by atoms with Crippen LogP contribution < -0.4 is 5.32 Å². The second-order valence-electron chi connectivity index (χ2n) is 3.05. The molecule has 0 bridgehead atoms. The molecule has 1 aromatic rings. The summed E-state index contributed by atoms with van der Waals surface area (Å²) >= 11 is 3.70. The van der Waals surface area contributed by atoms with Gasteiger partial charge in [0.15, 0.2) is 0 Å². The first-order valence-electron chi connectivity index (χ1n) is 4.60. The van der Waals surface area contributed by atoms with Gasteiger partial charge in [0.1, 0.15) is 0 Å². The minimum Gasteiger partial charge on any atom is -0.313 e. The van der Waals surface area contributed by atoms with Gasteiger partial charge in [-0.15, -0.1) is 0 Å². The molecule has 0 amide bonds. The van der Waals surface area contributed by atoms with Crippen molar-refractivity contribution < 1.29 is 0 Å². The molecular weight excluding hydrogens is 198 g/mol. The van der Waals surface area contributed by atoms with E-state index in [1.807, 2.05) is 11.8 Å². The van der Waals surface area contributed by atoms with E-state index in [1.54, 1.807) is 11.3 Å². The van der Waals surface area contributed by atoms with E-state index < -0.39 is 0 Å². The van der Waals surface area contributed by atoms with Crippen molar-refractivity contribution in [3.63, 3.8) is 0 Å². The smallest absolute Gasteiger partial charge is 0.0198 e. The van der Waals surface area contributed by atoms with Gasteiger partial charge in [-0.05, 0) is 41.6 Å². The Morgan fingerprint density at radius 3 is 3.00 bits per heavy atom. The minimum atomic E-state index is 0.634. The highest BCUT2D eigenvalue weighted by Crippen LogP contribution is 2.10. The Bertz CT molecular complexity index is 203. The fourth-order valence-electron chi connectivity index (χ4n) is 1.37. The molecule has 0 aliphatic carbocycles. The van der Waals surface area contributed by atoms with E-state index in [0.717, 1.165) is 13.0 Å². The van der Waals surface area contributed by atoms with Crippen molar-refractivity contribution in [3.8, 4) is 0 Å². The molecule has 1 heterocycles. The van der Waals surface area contributed by atoms with Gasteiger partial charge in [0.25, 0.3) is 0 Å². The number of thiophene rings is 1. The summed E-state index contributed by atoms with van der Waals surface area (Å²) in [6.45, 7) is 3.23. The maximum Gasteiger partial charge on any atom is 0.0198 e. The van der Waals surface area contributed by atoms with E-state index in [-0.39, 0.29) is 0 Å². The Morgan fingerprint density at radius 2 is 2.46 bits per heavy atom. The number of nitrogens with one attached hydrogen (secondary N) is 1. The topological polar surface area (TPSA) is 12.0 Å². The van der Waals surface area contributed by atoms with Gasteiger partial charge in [-0.25, -0.2) is 0 Å². The number of rotatable bonds is 6. The third kappa shape index (κ3) is 4.16. The zero-order valence-electron chi connectivity index (χ0n) is 8.25. The fraction of sp³-hybridized carbons (Fsp3) is 0.600. The summed E-state index contributed by atoms with van der Waals surface area (Å²) in [5.41, 5.74) is 1.46. The van der Waals surface area contributed by atoms with Crippen molar-refractivity contribution in [3.05, 3.63) is 22.4 Å². The van der Waals surface area contributed by atoms with Crippen LogP contribution in [-0.4, -0.2) is 24.6 Å². The molecule has 0 saturated carbocycles. The van der Waals surface area contributed by atoms with Crippen LogP contribution in [0.1, 0.15) is 12.5 Å². The normalized spacial score (nSPS) is 13.1. The Hall–Kier alpha value is 0.01000. The summed E-state index contributed by atoms with van der Waals surface area (Å²) in [6, 6.07) is 2.85. The van der Waals surface area contributed by atoms with Crippen LogP contribution in [0.15, 0.2) is 16.8 Å². The third-order valence-electron chi connectivity index (χ3n) is 1.92. The molecular formula is C10H17NS2. The minimum absolute atomic E-state index is 0.634. The Morgan fingerprint density at radius 1 is 1.62 bits per heavy atom. The largest absolute Gasteiger partial charge is 0.313 e. The standard InChI is InChI=1S/C10H17NS2/c1-3-11-10(8-12-2)6-9-4-5-13-7-9/h4-5,7,10-11H,3,6,8H2,1-2H3. The molecule has 3 heteroatoms. The van der Waals surface area contributed by atoms with Crippen LogP contribution in [0.2, 0.25) is 0 Å². The van der Waals surface area contributed by atoms with Crippen LogP contribution in [0.25, 0.3) is 0 Å². The lowest BCUT2D eigenvalue weighted by molar-refractivity contribution is 0.573. The van der Waals surface area contributed by atoms with E-state index in [1.165, 1.54) is 11.3 Å². The van der Waals surface area contributed by atoms with Crippen molar-refractivity contribution in [1.82, 2.24) is 5.32 Å². The summed E-state index contributed by atoms with van der Waals surface area (Å²) in [6.07, 6.45) is 3.33. The second-order valence-corrected chi connectivity index (χ2v) is 4.74. The lowest BCUT2D eigenvalue weighted by Crippen LogP contribution is -2.32. The molecule has 0 saturated heterocycles. The molecule has 1 nitrogen and oxygen atoms in total. The number of hydrogen-bond donors (Lipinski definition) is 1. The van der Waals surface area contributed by atoms with Crippen LogP contribution in [0.4, 0.5) is 0 Å². The van der Waals surface area contributed by atoms with E-state index in [0.29, 0.717) is 6.04 Å². The summed E-state index contributed by atoms with van der Waals surface area (Å²) in [4.78, 5) is 0. The second kappa shape index (κ2) is 6.46. The van der Waals surface area contributed by atoms with Crippen molar-refractivity contribution in [2.24, 2.45) is 0 Å². The molecule has 0 aromatic carbocycles. The van der Waals surface area contributed by atoms with Gasteiger partial charge in [0.2, 0.25) is 0 Å². The van der Waals surface area contributed by atoms with Crippen molar-refractivity contribution in [1.29, 1.82) is 0 Å². The highest BCUT2D eigenvalue weighted by atomic mass is 32.2. The first-order chi connectivity index (χ1) is 6.36. The molecule has 13 heavy (non-hydrogen) atoms. The molecule has 74 valence electrons. The highest BCUT2D eigenvalue weighted by Gasteiger charge is 2.07. The molecule has 0 radical (unpaired) electrons. The molecule has 1 unspecified atom stereocenters. The average Bonchev–Trinajstić information content (AvgIpc) is 2.58. The third-order valence-corrected chi connectivity index (χ3v) is 3.39. The van der Waals surface area contributed by atoms with Crippen molar-refractivity contribution >= 4 is 23.1 Å². The molecule has 1 atom stereocenters. The molecule has 0 spiro atoms. The predicted octanol–water partition coefficient (Wildman–Crippen LogP) is 2.63. The lowest BCUT2D eigenvalue weighted by atomic mass is 10.1. The zero-order valence-corrected chi connectivity index (χ0v) is 9.88. The van der Waals surface area contributed by atoms with Crippen LogP contribution >= 0.6 is 23.1 Å². The number of thioether (sulfide) groups is 1. The predicted molar refractivity (Wildman–Crippen MR) is 63.9 cm³/mol.